The maximum absolute atomic E-state index is 8.46. The van der Waals surface area contributed by atoms with Crippen molar-refractivity contribution in [2.45, 2.75) is 39.2 Å². The number of hydrogen-bond acceptors (Lipinski definition) is 3. The van der Waals surface area contributed by atoms with Crippen LogP contribution in [0.1, 0.15) is 33.1 Å². The fraction of sp³-hybridized carbons (Fsp3) is 0.909. The lowest BCUT2D eigenvalue weighted by Gasteiger charge is -2.27. The Hall–Kier alpha value is -0.590. The summed E-state index contributed by atoms with van der Waals surface area (Å²) < 4.78 is 5.07. The second-order valence-corrected chi connectivity index (χ2v) is 3.55. The molecule has 3 nitrogen and oxygen atoms in total. The first kappa shape index (κ1) is 13.4. The van der Waals surface area contributed by atoms with Crippen LogP contribution in [-0.4, -0.2) is 37.7 Å². The first-order valence-corrected chi connectivity index (χ1v) is 5.36. The molecule has 0 aliphatic carbocycles. The molecular weight excluding hydrogens is 176 g/mol. The molecule has 3 heteroatoms. The zero-order chi connectivity index (χ0) is 10.8. The van der Waals surface area contributed by atoms with Crippen LogP contribution in [0, 0.1) is 11.3 Å². The normalized spacial score (nSPS) is 12.8. The Labute approximate surface area is 87.7 Å². The zero-order valence-electron chi connectivity index (χ0n) is 9.62. The Morgan fingerprint density at radius 2 is 2.14 bits per heavy atom. The highest BCUT2D eigenvalue weighted by Gasteiger charge is 2.10. The molecule has 0 radical (unpaired) electrons. The molecule has 0 bridgehead atoms. The number of nitrogens with zero attached hydrogens (tertiary/aromatic N) is 2. The van der Waals surface area contributed by atoms with Gasteiger partial charge < -0.3 is 4.74 Å². The van der Waals surface area contributed by atoms with Gasteiger partial charge >= 0.3 is 0 Å². The summed E-state index contributed by atoms with van der Waals surface area (Å²) in [5.74, 6) is 0. The minimum atomic E-state index is 0.587. The van der Waals surface area contributed by atoms with Crippen LogP contribution in [0.25, 0.3) is 0 Å². The van der Waals surface area contributed by atoms with Crippen molar-refractivity contribution in [2.24, 2.45) is 0 Å². The van der Waals surface area contributed by atoms with E-state index in [2.05, 4.69) is 24.8 Å². The lowest BCUT2D eigenvalue weighted by molar-refractivity contribution is 0.122. The predicted octanol–water partition coefficient (Wildman–Crippen LogP) is 2.04. The van der Waals surface area contributed by atoms with Gasteiger partial charge in [-0.1, -0.05) is 6.92 Å². The van der Waals surface area contributed by atoms with E-state index in [9.17, 15) is 0 Å². The Morgan fingerprint density at radius 3 is 2.64 bits per heavy atom. The van der Waals surface area contributed by atoms with E-state index >= 15 is 0 Å². The Morgan fingerprint density at radius 1 is 1.43 bits per heavy atom. The third-order valence-corrected chi connectivity index (χ3v) is 2.53. The molecule has 0 saturated heterocycles. The molecule has 0 spiro atoms. The van der Waals surface area contributed by atoms with E-state index in [0.29, 0.717) is 12.5 Å². The van der Waals surface area contributed by atoms with E-state index < -0.39 is 0 Å². The lowest BCUT2D eigenvalue weighted by Crippen LogP contribution is -2.36. The van der Waals surface area contributed by atoms with Gasteiger partial charge in [-0.05, 0) is 26.3 Å². The Balaban J connectivity index is 3.79. The summed E-state index contributed by atoms with van der Waals surface area (Å²) >= 11 is 0. The minimum absolute atomic E-state index is 0.587. The van der Waals surface area contributed by atoms with Gasteiger partial charge in [0.15, 0.2) is 0 Å². The molecule has 0 rings (SSSR count). The van der Waals surface area contributed by atoms with Crippen molar-refractivity contribution >= 4 is 0 Å². The van der Waals surface area contributed by atoms with Crippen LogP contribution in [0.3, 0.4) is 0 Å². The molecule has 0 aromatic carbocycles. The van der Waals surface area contributed by atoms with Gasteiger partial charge in [-0.2, -0.15) is 5.26 Å². The number of hydrogen-bond donors (Lipinski definition) is 0. The van der Waals surface area contributed by atoms with Gasteiger partial charge in [0.2, 0.25) is 0 Å². The Bertz CT molecular complexity index is 165. The highest BCUT2D eigenvalue weighted by molar-refractivity contribution is 4.72. The minimum Gasteiger partial charge on any atom is -0.383 e. The summed E-state index contributed by atoms with van der Waals surface area (Å²) in [6.07, 6.45) is 2.76. The van der Waals surface area contributed by atoms with Crippen molar-refractivity contribution in [1.82, 2.24) is 4.90 Å². The van der Waals surface area contributed by atoms with E-state index in [1.165, 1.54) is 0 Å². The monoisotopic (exact) mass is 198 g/mol. The number of nitriles is 1. The van der Waals surface area contributed by atoms with Gasteiger partial charge in [0.1, 0.15) is 0 Å². The van der Waals surface area contributed by atoms with E-state index in [4.69, 9.17) is 10.00 Å². The second kappa shape index (κ2) is 8.98. The molecule has 0 N–H and O–H groups in total. The molecular formula is C11H22N2O. The fourth-order valence-electron chi connectivity index (χ4n) is 1.38. The largest absolute Gasteiger partial charge is 0.383 e. The van der Waals surface area contributed by atoms with E-state index in [0.717, 1.165) is 32.5 Å². The van der Waals surface area contributed by atoms with Crippen LogP contribution >= 0.6 is 0 Å². The molecule has 0 aliphatic rings. The Kier molecular flexibility index (Phi) is 8.61. The summed E-state index contributed by atoms with van der Waals surface area (Å²) in [5.41, 5.74) is 0. The molecule has 1 unspecified atom stereocenters. The number of methoxy groups -OCH3 is 1. The van der Waals surface area contributed by atoms with Crippen molar-refractivity contribution in [3.05, 3.63) is 0 Å². The molecule has 0 aliphatic heterocycles. The molecule has 1 atom stereocenters. The van der Waals surface area contributed by atoms with Crippen LogP contribution in [0.2, 0.25) is 0 Å². The molecule has 0 aromatic heterocycles. The van der Waals surface area contributed by atoms with Crippen LogP contribution in [-0.2, 0) is 4.74 Å². The van der Waals surface area contributed by atoms with E-state index in [1.54, 1.807) is 7.11 Å². The van der Waals surface area contributed by atoms with E-state index in [-0.39, 0.29) is 0 Å². The third-order valence-electron chi connectivity index (χ3n) is 2.53. The van der Waals surface area contributed by atoms with E-state index in [1.807, 2.05) is 0 Å². The molecule has 0 amide bonds. The molecule has 82 valence electrons. The van der Waals surface area contributed by atoms with Gasteiger partial charge in [0, 0.05) is 26.1 Å². The average Bonchev–Trinajstić information content (AvgIpc) is 2.22. The second-order valence-electron chi connectivity index (χ2n) is 3.55. The van der Waals surface area contributed by atoms with Crippen molar-refractivity contribution in [2.75, 3.05) is 26.8 Å². The predicted molar refractivity (Wildman–Crippen MR) is 58.0 cm³/mol. The molecule has 14 heavy (non-hydrogen) atoms. The third kappa shape index (κ3) is 5.95. The van der Waals surface area contributed by atoms with Crippen molar-refractivity contribution in [3.8, 4) is 6.07 Å². The number of ether oxygens (including phenoxy) is 1. The van der Waals surface area contributed by atoms with Gasteiger partial charge in [-0.25, -0.2) is 0 Å². The van der Waals surface area contributed by atoms with Crippen molar-refractivity contribution < 1.29 is 4.74 Å². The molecule has 0 saturated carbocycles. The van der Waals surface area contributed by atoms with Crippen LogP contribution < -0.4 is 0 Å². The van der Waals surface area contributed by atoms with Crippen molar-refractivity contribution in [1.29, 1.82) is 5.26 Å². The summed E-state index contributed by atoms with van der Waals surface area (Å²) in [7, 11) is 1.73. The fourth-order valence-corrected chi connectivity index (χ4v) is 1.38. The topological polar surface area (TPSA) is 36.3 Å². The first-order chi connectivity index (χ1) is 6.76. The van der Waals surface area contributed by atoms with Gasteiger partial charge in [0.25, 0.3) is 0 Å². The molecule has 0 aromatic rings. The molecule has 0 heterocycles. The lowest BCUT2D eigenvalue weighted by atomic mass is 10.2. The van der Waals surface area contributed by atoms with Gasteiger partial charge in [-0.15, -0.1) is 0 Å². The average molecular weight is 198 g/mol. The summed E-state index contributed by atoms with van der Waals surface area (Å²) in [4.78, 5) is 2.39. The highest BCUT2D eigenvalue weighted by atomic mass is 16.5. The quantitative estimate of drug-likeness (QED) is 0.560. The van der Waals surface area contributed by atoms with Crippen molar-refractivity contribution in [3.63, 3.8) is 0 Å². The standard InChI is InChI=1S/C11H22N2O/c1-4-11(2)13(9-10-14-3)8-6-5-7-12/h11H,4-6,8-10H2,1-3H3. The maximum atomic E-state index is 8.46. The highest BCUT2D eigenvalue weighted by Crippen LogP contribution is 2.05. The summed E-state index contributed by atoms with van der Waals surface area (Å²) in [5, 5.41) is 8.46. The maximum Gasteiger partial charge on any atom is 0.0622 e. The van der Waals surface area contributed by atoms with Crippen LogP contribution in [0.15, 0.2) is 0 Å². The smallest absolute Gasteiger partial charge is 0.0622 e. The number of unbranched alkanes of at least 4 members (excludes halogenated alkanes) is 1. The van der Waals surface area contributed by atoms with Crippen LogP contribution in [0.4, 0.5) is 0 Å². The summed E-state index contributed by atoms with van der Waals surface area (Å²) in [6, 6.07) is 2.77. The SMILES string of the molecule is CCC(C)N(CCCC#N)CCOC. The van der Waals surface area contributed by atoms with Crippen LogP contribution in [0.5, 0.6) is 0 Å². The molecule has 0 fully saturated rings. The number of rotatable bonds is 8. The van der Waals surface area contributed by atoms with Gasteiger partial charge in [-0.3, -0.25) is 4.90 Å². The van der Waals surface area contributed by atoms with Gasteiger partial charge in [0.05, 0.1) is 12.7 Å². The first-order valence-electron chi connectivity index (χ1n) is 5.36. The zero-order valence-corrected chi connectivity index (χ0v) is 9.62. The summed E-state index contributed by atoms with van der Waals surface area (Å²) in [6.45, 7) is 7.16.